The molecule has 3 rings (SSSR count). The first-order valence-electron chi connectivity index (χ1n) is 7.13. The molecule has 0 saturated carbocycles. The van der Waals surface area contributed by atoms with Crippen molar-refractivity contribution in [2.45, 2.75) is 36.8 Å². The van der Waals surface area contributed by atoms with Crippen molar-refractivity contribution in [3.8, 4) is 0 Å². The fourth-order valence-electron chi connectivity index (χ4n) is 2.65. The van der Waals surface area contributed by atoms with Crippen LogP contribution < -0.4 is 0 Å². The van der Waals surface area contributed by atoms with E-state index in [0.717, 1.165) is 24.2 Å². The second-order valence-electron chi connectivity index (χ2n) is 5.17. The maximum atomic E-state index is 12.0. The van der Waals surface area contributed by atoms with Crippen molar-refractivity contribution >= 4 is 17.5 Å². The van der Waals surface area contributed by atoms with Gasteiger partial charge in [0.1, 0.15) is 0 Å². The van der Waals surface area contributed by atoms with Gasteiger partial charge in [-0.2, -0.15) is 0 Å². The van der Waals surface area contributed by atoms with Crippen LogP contribution in [0.2, 0.25) is 0 Å². The molecule has 2 heteroatoms. The number of benzene rings is 2. The van der Waals surface area contributed by atoms with Crippen LogP contribution in [0.15, 0.2) is 47.4 Å². The summed E-state index contributed by atoms with van der Waals surface area (Å²) >= 11 is 1.86. The molecule has 0 bridgehead atoms. The number of carbonyl (C=O) groups excluding carboxylic acids is 1. The molecule has 0 saturated heterocycles. The Morgan fingerprint density at radius 2 is 1.85 bits per heavy atom. The molecule has 0 N–H and O–H groups in total. The van der Waals surface area contributed by atoms with E-state index in [4.69, 9.17) is 0 Å². The first kappa shape index (κ1) is 13.4. The predicted octanol–water partition coefficient (Wildman–Crippen LogP) is 4.67. The molecule has 1 nitrogen and oxygen atoms in total. The molecule has 0 atom stereocenters. The molecule has 2 aromatic rings. The molecule has 102 valence electrons. The highest BCUT2D eigenvalue weighted by Crippen LogP contribution is 2.35. The zero-order valence-electron chi connectivity index (χ0n) is 11.7. The quantitative estimate of drug-likeness (QED) is 0.758. The summed E-state index contributed by atoms with van der Waals surface area (Å²) in [6, 6.07) is 14.9. The number of carbonyl (C=O) groups is 1. The SMILES string of the molecule is CCc1cc(SCc2ccccc2)c2c(c1)C(=O)CC2. The highest BCUT2D eigenvalue weighted by Gasteiger charge is 2.23. The zero-order valence-corrected chi connectivity index (χ0v) is 12.5. The number of Topliss-reactive ketones (excluding diaryl/α,β-unsaturated/α-hetero) is 1. The van der Waals surface area contributed by atoms with Gasteiger partial charge in [-0.25, -0.2) is 0 Å². The lowest BCUT2D eigenvalue weighted by atomic mass is 10.0. The first-order valence-corrected chi connectivity index (χ1v) is 8.12. The smallest absolute Gasteiger partial charge is 0.163 e. The minimum atomic E-state index is 0.317. The molecule has 0 unspecified atom stereocenters. The van der Waals surface area contributed by atoms with Gasteiger partial charge in [0.2, 0.25) is 0 Å². The Morgan fingerprint density at radius 1 is 1.05 bits per heavy atom. The lowest BCUT2D eigenvalue weighted by molar-refractivity contribution is 0.0994. The summed E-state index contributed by atoms with van der Waals surface area (Å²) in [6.07, 6.45) is 2.58. The van der Waals surface area contributed by atoms with E-state index in [-0.39, 0.29) is 0 Å². The van der Waals surface area contributed by atoms with Crippen molar-refractivity contribution in [2.75, 3.05) is 0 Å². The number of rotatable bonds is 4. The summed E-state index contributed by atoms with van der Waals surface area (Å²) in [5.41, 5.74) is 4.85. The molecule has 0 radical (unpaired) electrons. The van der Waals surface area contributed by atoms with Crippen LogP contribution in [0.25, 0.3) is 0 Å². The lowest BCUT2D eigenvalue weighted by Crippen LogP contribution is -1.95. The van der Waals surface area contributed by atoms with Gasteiger partial charge in [0.25, 0.3) is 0 Å². The maximum Gasteiger partial charge on any atom is 0.163 e. The van der Waals surface area contributed by atoms with Gasteiger partial charge in [0.05, 0.1) is 0 Å². The van der Waals surface area contributed by atoms with E-state index in [9.17, 15) is 4.79 Å². The second kappa shape index (κ2) is 5.84. The van der Waals surface area contributed by atoms with Crippen LogP contribution in [0, 0.1) is 0 Å². The average molecular weight is 282 g/mol. The lowest BCUT2D eigenvalue weighted by Gasteiger charge is -2.10. The van der Waals surface area contributed by atoms with Crippen LogP contribution in [0.1, 0.15) is 40.4 Å². The van der Waals surface area contributed by atoms with Gasteiger partial charge in [-0.3, -0.25) is 4.79 Å². The minimum Gasteiger partial charge on any atom is -0.294 e. The predicted molar refractivity (Wildman–Crippen MR) is 84.5 cm³/mol. The summed E-state index contributed by atoms with van der Waals surface area (Å²) in [5, 5.41) is 0. The molecule has 0 aliphatic heterocycles. The van der Waals surface area contributed by atoms with E-state index < -0.39 is 0 Å². The molecule has 0 spiro atoms. The van der Waals surface area contributed by atoms with Crippen LogP contribution in [0.5, 0.6) is 0 Å². The highest BCUT2D eigenvalue weighted by molar-refractivity contribution is 7.98. The standard InChI is InChI=1S/C18H18OS/c1-2-13-10-16-15(8-9-17(16)19)18(11-13)20-12-14-6-4-3-5-7-14/h3-7,10-11H,2,8-9,12H2,1H3. The van der Waals surface area contributed by atoms with Crippen LogP contribution in [0.4, 0.5) is 0 Å². The fourth-order valence-corrected chi connectivity index (χ4v) is 3.79. The Hall–Kier alpha value is -1.54. The molecule has 2 aromatic carbocycles. The summed E-state index contributed by atoms with van der Waals surface area (Å²) < 4.78 is 0. The van der Waals surface area contributed by atoms with Crippen molar-refractivity contribution in [3.05, 3.63) is 64.7 Å². The molecule has 20 heavy (non-hydrogen) atoms. The molecule has 0 amide bonds. The Bertz CT molecular complexity index is 631. The van der Waals surface area contributed by atoms with Crippen molar-refractivity contribution < 1.29 is 4.79 Å². The van der Waals surface area contributed by atoms with Gasteiger partial charge >= 0.3 is 0 Å². The van der Waals surface area contributed by atoms with Crippen molar-refractivity contribution in [1.82, 2.24) is 0 Å². The van der Waals surface area contributed by atoms with E-state index in [2.05, 4.69) is 43.3 Å². The van der Waals surface area contributed by atoms with Gasteiger partial charge in [-0.1, -0.05) is 37.3 Å². The number of thioether (sulfide) groups is 1. The Morgan fingerprint density at radius 3 is 2.60 bits per heavy atom. The van der Waals surface area contributed by atoms with E-state index in [0.29, 0.717) is 12.2 Å². The Labute approximate surface area is 124 Å². The molecule has 1 aliphatic rings. The Balaban J connectivity index is 1.88. The summed E-state index contributed by atoms with van der Waals surface area (Å²) in [7, 11) is 0. The highest BCUT2D eigenvalue weighted by atomic mass is 32.2. The van der Waals surface area contributed by atoms with Crippen molar-refractivity contribution in [2.24, 2.45) is 0 Å². The molecular formula is C18H18OS. The van der Waals surface area contributed by atoms with Crippen LogP contribution in [-0.4, -0.2) is 5.78 Å². The van der Waals surface area contributed by atoms with Gasteiger partial charge in [-0.15, -0.1) is 11.8 Å². The van der Waals surface area contributed by atoms with Crippen molar-refractivity contribution in [3.63, 3.8) is 0 Å². The number of aryl methyl sites for hydroxylation is 1. The van der Waals surface area contributed by atoms with Gasteiger partial charge < -0.3 is 0 Å². The van der Waals surface area contributed by atoms with Gasteiger partial charge in [-0.05, 0) is 41.7 Å². The van der Waals surface area contributed by atoms with Crippen LogP contribution >= 0.6 is 11.8 Å². The topological polar surface area (TPSA) is 17.1 Å². The number of hydrogen-bond donors (Lipinski definition) is 0. The monoisotopic (exact) mass is 282 g/mol. The number of ketones is 1. The third-order valence-electron chi connectivity index (χ3n) is 3.82. The molecule has 0 aromatic heterocycles. The van der Waals surface area contributed by atoms with Gasteiger partial charge in [0.15, 0.2) is 5.78 Å². The van der Waals surface area contributed by atoms with Crippen LogP contribution in [0.3, 0.4) is 0 Å². The molecule has 1 aliphatic carbocycles. The van der Waals surface area contributed by atoms with E-state index in [1.165, 1.54) is 21.6 Å². The number of hydrogen-bond acceptors (Lipinski definition) is 2. The summed E-state index contributed by atoms with van der Waals surface area (Å²) in [5.74, 6) is 1.28. The maximum absolute atomic E-state index is 12.0. The van der Waals surface area contributed by atoms with Crippen molar-refractivity contribution in [1.29, 1.82) is 0 Å². The minimum absolute atomic E-state index is 0.317. The zero-order chi connectivity index (χ0) is 13.9. The second-order valence-corrected chi connectivity index (χ2v) is 6.19. The largest absolute Gasteiger partial charge is 0.294 e. The molecule has 0 fully saturated rings. The van der Waals surface area contributed by atoms with E-state index >= 15 is 0 Å². The first-order chi connectivity index (χ1) is 9.78. The normalized spacial score (nSPS) is 13.6. The Kier molecular flexibility index (Phi) is 3.93. The van der Waals surface area contributed by atoms with Crippen LogP contribution in [-0.2, 0) is 18.6 Å². The van der Waals surface area contributed by atoms with E-state index in [1.807, 2.05) is 17.8 Å². The van der Waals surface area contributed by atoms with Gasteiger partial charge in [0, 0.05) is 22.6 Å². The molecular weight excluding hydrogens is 264 g/mol. The number of fused-ring (bicyclic) bond motifs is 1. The summed E-state index contributed by atoms with van der Waals surface area (Å²) in [4.78, 5) is 13.3. The van der Waals surface area contributed by atoms with E-state index in [1.54, 1.807) is 0 Å². The fraction of sp³-hybridized carbons (Fsp3) is 0.278. The summed E-state index contributed by atoms with van der Waals surface area (Å²) in [6.45, 7) is 2.15. The average Bonchev–Trinajstić information content (AvgIpc) is 2.87. The molecule has 0 heterocycles. The third kappa shape index (κ3) is 2.66. The third-order valence-corrected chi connectivity index (χ3v) is 4.97.